The minimum absolute atomic E-state index is 0.0170. The molecule has 1 N–H and O–H groups in total. The molecule has 0 heterocycles. The zero-order valence-corrected chi connectivity index (χ0v) is 13.4. The number of halogens is 1. The summed E-state index contributed by atoms with van der Waals surface area (Å²) in [6.07, 6.45) is 9.87. The molecule has 0 spiro atoms. The second-order valence-electron chi connectivity index (χ2n) is 8.75. The van der Waals surface area contributed by atoms with E-state index in [1.165, 1.54) is 18.4 Å². The minimum Gasteiger partial charge on any atom is -0.392 e. The third kappa shape index (κ3) is 1.84. The van der Waals surface area contributed by atoms with Gasteiger partial charge in [0.1, 0.15) is 6.17 Å². The summed E-state index contributed by atoms with van der Waals surface area (Å²) in [4.78, 5) is 0. The van der Waals surface area contributed by atoms with Crippen LogP contribution in [-0.2, 0) is 0 Å². The molecular formula is C19H29FO. The van der Waals surface area contributed by atoms with Crippen LogP contribution in [0, 0.1) is 28.6 Å². The highest BCUT2D eigenvalue weighted by Gasteiger charge is 2.59. The van der Waals surface area contributed by atoms with Crippen LogP contribution in [0.5, 0.6) is 0 Å². The Balaban J connectivity index is 1.70. The van der Waals surface area contributed by atoms with Crippen molar-refractivity contribution in [1.82, 2.24) is 0 Å². The number of aliphatic hydroxyl groups excluding tert-OH is 1. The molecule has 0 aromatic heterocycles. The Bertz CT molecular complexity index is 472. The molecule has 3 saturated carbocycles. The van der Waals surface area contributed by atoms with Gasteiger partial charge in [0, 0.05) is 5.41 Å². The van der Waals surface area contributed by atoms with E-state index in [9.17, 15) is 9.50 Å². The standard InChI is InChI=1S/C19H29FO/c1-18-9-8-15-14(16(18)10-13(20)11-18)7-6-12-4-3-5-17(21)19(12,15)2/h4,13-17,21H,3,5-11H2,1-2H3/t13-,14-,15+,16+,17?,18-,19+/m1/s1. The molecule has 0 amide bonds. The van der Waals surface area contributed by atoms with Crippen molar-refractivity contribution in [3.63, 3.8) is 0 Å². The lowest BCUT2D eigenvalue weighted by Crippen LogP contribution is -2.53. The fourth-order valence-corrected chi connectivity index (χ4v) is 6.73. The van der Waals surface area contributed by atoms with Crippen molar-refractivity contribution in [2.24, 2.45) is 28.6 Å². The van der Waals surface area contributed by atoms with E-state index in [2.05, 4.69) is 19.9 Å². The van der Waals surface area contributed by atoms with Crippen LogP contribution in [0.25, 0.3) is 0 Å². The average Bonchev–Trinajstić information content (AvgIpc) is 2.74. The molecule has 7 atom stereocenters. The predicted molar refractivity (Wildman–Crippen MR) is 82.6 cm³/mol. The normalized spacial score (nSPS) is 56.2. The summed E-state index contributed by atoms with van der Waals surface area (Å²) in [7, 11) is 0. The monoisotopic (exact) mass is 292 g/mol. The van der Waals surface area contributed by atoms with Gasteiger partial charge >= 0.3 is 0 Å². The molecule has 0 aromatic carbocycles. The highest BCUT2D eigenvalue weighted by atomic mass is 19.1. The number of rotatable bonds is 0. The minimum atomic E-state index is -0.584. The number of allylic oxidation sites excluding steroid dienone is 1. The first-order chi connectivity index (χ1) is 9.95. The molecule has 2 heteroatoms. The second-order valence-corrected chi connectivity index (χ2v) is 8.75. The first-order valence-electron chi connectivity index (χ1n) is 8.97. The molecule has 4 aliphatic rings. The van der Waals surface area contributed by atoms with Crippen molar-refractivity contribution in [3.8, 4) is 0 Å². The van der Waals surface area contributed by atoms with Crippen LogP contribution in [0.1, 0.15) is 65.2 Å². The van der Waals surface area contributed by atoms with Gasteiger partial charge < -0.3 is 5.11 Å². The summed E-state index contributed by atoms with van der Waals surface area (Å²) in [6, 6.07) is 0. The zero-order valence-electron chi connectivity index (χ0n) is 13.4. The highest BCUT2D eigenvalue weighted by Crippen LogP contribution is 2.65. The van der Waals surface area contributed by atoms with Crippen LogP contribution in [0.2, 0.25) is 0 Å². The molecular weight excluding hydrogens is 263 g/mol. The van der Waals surface area contributed by atoms with Crippen molar-refractivity contribution >= 4 is 0 Å². The molecule has 0 aliphatic heterocycles. The Kier molecular flexibility index (Phi) is 3.10. The largest absolute Gasteiger partial charge is 0.392 e. The molecule has 4 aliphatic carbocycles. The molecule has 118 valence electrons. The van der Waals surface area contributed by atoms with E-state index in [4.69, 9.17) is 0 Å². The number of hydrogen-bond acceptors (Lipinski definition) is 1. The molecule has 0 aromatic rings. The SMILES string of the molecule is C[C@]12CC[C@H]3[C@@H](CCC4=CCCC(O)[C@@]43C)[C@@H]1C[C@@H](F)C2. The molecule has 3 fully saturated rings. The summed E-state index contributed by atoms with van der Waals surface area (Å²) < 4.78 is 14.1. The first-order valence-corrected chi connectivity index (χ1v) is 8.97. The van der Waals surface area contributed by atoms with Gasteiger partial charge in [0.25, 0.3) is 0 Å². The Morgan fingerprint density at radius 2 is 2.00 bits per heavy atom. The van der Waals surface area contributed by atoms with E-state index in [0.717, 1.165) is 38.5 Å². The average molecular weight is 292 g/mol. The van der Waals surface area contributed by atoms with Gasteiger partial charge in [0.15, 0.2) is 0 Å². The van der Waals surface area contributed by atoms with Crippen molar-refractivity contribution in [3.05, 3.63) is 11.6 Å². The molecule has 0 bridgehead atoms. The summed E-state index contributed by atoms with van der Waals surface area (Å²) in [5.74, 6) is 1.77. The molecule has 0 radical (unpaired) electrons. The van der Waals surface area contributed by atoms with Crippen LogP contribution in [0.4, 0.5) is 4.39 Å². The van der Waals surface area contributed by atoms with E-state index in [0.29, 0.717) is 17.8 Å². The van der Waals surface area contributed by atoms with Gasteiger partial charge in [0.05, 0.1) is 6.10 Å². The van der Waals surface area contributed by atoms with Gasteiger partial charge in [-0.1, -0.05) is 25.5 Å². The maximum absolute atomic E-state index is 14.1. The number of hydrogen-bond donors (Lipinski definition) is 1. The van der Waals surface area contributed by atoms with Crippen molar-refractivity contribution in [2.45, 2.75) is 77.5 Å². The maximum Gasteiger partial charge on any atom is 0.101 e. The summed E-state index contributed by atoms with van der Waals surface area (Å²) in [6.45, 7) is 4.64. The summed E-state index contributed by atoms with van der Waals surface area (Å²) >= 11 is 0. The van der Waals surface area contributed by atoms with Gasteiger partial charge in [-0.05, 0) is 74.5 Å². The van der Waals surface area contributed by atoms with E-state index in [-0.39, 0.29) is 16.9 Å². The van der Waals surface area contributed by atoms with Gasteiger partial charge in [-0.2, -0.15) is 0 Å². The van der Waals surface area contributed by atoms with Gasteiger partial charge in [-0.25, -0.2) is 4.39 Å². The van der Waals surface area contributed by atoms with Crippen molar-refractivity contribution in [2.75, 3.05) is 0 Å². The Morgan fingerprint density at radius 1 is 1.19 bits per heavy atom. The van der Waals surface area contributed by atoms with Crippen LogP contribution in [-0.4, -0.2) is 17.4 Å². The van der Waals surface area contributed by atoms with Crippen molar-refractivity contribution < 1.29 is 9.50 Å². The van der Waals surface area contributed by atoms with Gasteiger partial charge in [0.2, 0.25) is 0 Å². The highest BCUT2D eigenvalue weighted by molar-refractivity contribution is 5.26. The van der Waals surface area contributed by atoms with E-state index in [1.54, 1.807) is 0 Å². The van der Waals surface area contributed by atoms with E-state index >= 15 is 0 Å². The van der Waals surface area contributed by atoms with Crippen LogP contribution >= 0.6 is 0 Å². The molecule has 1 unspecified atom stereocenters. The lowest BCUT2D eigenvalue weighted by molar-refractivity contribution is -0.0873. The quantitative estimate of drug-likeness (QED) is 0.644. The Labute approximate surface area is 128 Å². The second kappa shape index (κ2) is 4.57. The molecule has 4 rings (SSSR count). The topological polar surface area (TPSA) is 20.2 Å². The Hall–Kier alpha value is -0.370. The predicted octanol–water partition coefficient (Wildman–Crippen LogP) is 4.65. The lowest BCUT2D eigenvalue weighted by atomic mass is 9.47. The van der Waals surface area contributed by atoms with Crippen molar-refractivity contribution in [1.29, 1.82) is 0 Å². The molecule has 21 heavy (non-hydrogen) atoms. The van der Waals surface area contributed by atoms with Gasteiger partial charge in [-0.3, -0.25) is 0 Å². The van der Waals surface area contributed by atoms with Gasteiger partial charge in [-0.15, -0.1) is 0 Å². The van der Waals surface area contributed by atoms with E-state index < -0.39 is 6.17 Å². The Morgan fingerprint density at radius 3 is 2.81 bits per heavy atom. The number of aliphatic hydroxyl groups is 1. The number of fused-ring (bicyclic) bond motifs is 5. The van der Waals surface area contributed by atoms with Crippen LogP contribution < -0.4 is 0 Å². The fraction of sp³-hybridized carbons (Fsp3) is 0.895. The third-order valence-electron chi connectivity index (χ3n) is 7.89. The van der Waals surface area contributed by atoms with Crippen LogP contribution in [0.3, 0.4) is 0 Å². The summed E-state index contributed by atoms with van der Waals surface area (Å²) in [5, 5.41) is 10.7. The smallest absolute Gasteiger partial charge is 0.101 e. The summed E-state index contributed by atoms with van der Waals surface area (Å²) in [5.41, 5.74) is 1.73. The van der Waals surface area contributed by atoms with E-state index in [1.807, 2.05) is 0 Å². The zero-order chi connectivity index (χ0) is 14.8. The molecule has 0 saturated heterocycles. The number of alkyl halides is 1. The fourth-order valence-electron chi connectivity index (χ4n) is 6.73. The first kappa shape index (κ1) is 14.2. The maximum atomic E-state index is 14.1. The lowest BCUT2D eigenvalue weighted by Gasteiger charge is -2.58. The third-order valence-corrected chi connectivity index (χ3v) is 7.89. The van der Waals surface area contributed by atoms with Crippen LogP contribution in [0.15, 0.2) is 11.6 Å². The molecule has 1 nitrogen and oxygen atoms in total.